The Balaban J connectivity index is 2.00. The van der Waals surface area contributed by atoms with Gasteiger partial charge in [0, 0.05) is 0 Å². The van der Waals surface area contributed by atoms with E-state index in [4.69, 9.17) is 0 Å². The lowest BCUT2D eigenvalue weighted by Gasteiger charge is -2.11. The lowest BCUT2D eigenvalue weighted by atomic mass is 9.93. The molecule has 0 heterocycles. The van der Waals surface area contributed by atoms with Gasteiger partial charge in [-0.2, -0.15) is 0 Å². The fraction of sp³-hybridized carbons (Fsp3) is 0.800. The van der Waals surface area contributed by atoms with Gasteiger partial charge in [-0.05, 0) is 41.9 Å². The molecule has 0 radical (unpaired) electrons. The van der Waals surface area contributed by atoms with Crippen LogP contribution in [0.25, 0.3) is 0 Å². The number of hydrogen-bond donors (Lipinski definition) is 0. The van der Waals surface area contributed by atoms with E-state index in [1.165, 1.54) is 12.8 Å². The minimum atomic E-state index is 0.845. The van der Waals surface area contributed by atoms with Crippen molar-refractivity contribution in [3.63, 3.8) is 0 Å². The van der Waals surface area contributed by atoms with E-state index in [-0.39, 0.29) is 0 Å². The summed E-state index contributed by atoms with van der Waals surface area (Å²) in [4.78, 5) is 0. The van der Waals surface area contributed by atoms with Crippen LogP contribution in [0.5, 0.6) is 0 Å². The van der Waals surface area contributed by atoms with Gasteiger partial charge < -0.3 is 0 Å². The second kappa shape index (κ2) is 0.855. The lowest BCUT2D eigenvalue weighted by molar-refractivity contribution is 0.418. The predicted octanol–water partition coefficient (Wildman–Crippen LogP) is 2.36. The fourth-order valence-electron chi connectivity index (χ4n) is 4.39. The molecule has 52 valence electrons. The SMILES string of the molecule is C[C@]12CC13C2C1=CC[C@H]3C1. The van der Waals surface area contributed by atoms with E-state index in [0.717, 1.165) is 22.7 Å². The molecule has 0 heteroatoms. The molecule has 1 spiro atoms. The van der Waals surface area contributed by atoms with Gasteiger partial charge >= 0.3 is 0 Å². The molecule has 0 amide bonds. The summed E-state index contributed by atoms with van der Waals surface area (Å²) >= 11 is 0. The van der Waals surface area contributed by atoms with Crippen LogP contribution in [0.3, 0.4) is 0 Å². The molecule has 3 saturated carbocycles. The minimum Gasteiger partial charge on any atom is -0.0847 e. The van der Waals surface area contributed by atoms with E-state index < -0.39 is 0 Å². The van der Waals surface area contributed by atoms with Gasteiger partial charge in [-0.3, -0.25) is 0 Å². The van der Waals surface area contributed by atoms with Crippen molar-refractivity contribution < 1.29 is 0 Å². The molecule has 4 aliphatic carbocycles. The van der Waals surface area contributed by atoms with E-state index in [9.17, 15) is 0 Å². The second-order valence-electron chi connectivity index (χ2n) is 4.98. The first-order chi connectivity index (χ1) is 4.79. The first-order valence-corrected chi connectivity index (χ1v) is 4.48. The van der Waals surface area contributed by atoms with Crippen molar-refractivity contribution in [3.05, 3.63) is 11.6 Å². The Morgan fingerprint density at radius 2 is 2.50 bits per heavy atom. The molecule has 0 N–H and O–H groups in total. The molecular formula is C10H12. The molecule has 4 rings (SSSR count). The van der Waals surface area contributed by atoms with Gasteiger partial charge in [-0.15, -0.1) is 0 Å². The number of allylic oxidation sites excluding steroid dienone is 2. The van der Waals surface area contributed by atoms with Crippen molar-refractivity contribution in [2.75, 3.05) is 0 Å². The first kappa shape index (κ1) is 4.58. The quantitative estimate of drug-likeness (QED) is 0.444. The van der Waals surface area contributed by atoms with Crippen LogP contribution in [-0.4, -0.2) is 0 Å². The summed E-state index contributed by atoms with van der Waals surface area (Å²) in [6, 6.07) is 0. The van der Waals surface area contributed by atoms with Crippen LogP contribution >= 0.6 is 0 Å². The van der Waals surface area contributed by atoms with Crippen LogP contribution in [0.15, 0.2) is 11.6 Å². The molecule has 3 fully saturated rings. The summed E-state index contributed by atoms with van der Waals surface area (Å²) in [6.45, 7) is 2.50. The Labute approximate surface area is 61.3 Å². The molecule has 10 heavy (non-hydrogen) atoms. The summed E-state index contributed by atoms with van der Waals surface area (Å²) in [7, 11) is 0. The Morgan fingerprint density at radius 1 is 1.60 bits per heavy atom. The molecule has 2 unspecified atom stereocenters. The van der Waals surface area contributed by atoms with E-state index in [0.29, 0.717) is 0 Å². The van der Waals surface area contributed by atoms with E-state index >= 15 is 0 Å². The maximum Gasteiger partial charge on any atom is -0.00781 e. The monoisotopic (exact) mass is 132 g/mol. The maximum absolute atomic E-state index is 2.53. The van der Waals surface area contributed by atoms with E-state index in [2.05, 4.69) is 13.0 Å². The van der Waals surface area contributed by atoms with Crippen LogP contribution < -0.4 is 0 Å². The minimum absolute atomic E-state index is 0.845. The van der Waals surface area contributed by atoms with Gasteiger partial charge in [0.2, 0.25) is 0 Å². The topological polar surface area (TPSA) is 0 Å². The highest BCUT2D eigenvalue weighted by Gasteiger charge is 2.93. The lowest BCUT2D eigenvalue weighted by Crippen LogP contribution is -2.03. The zero-order valence-corrected chi connectivity index (χ0v) is 6.35. The highest BCUT2D eigenvalue weighted by atomic mass is 15.0. The third-order valence-corrected chi connectivity index (χ3v) is 4.91. The fourth-order valence-corrected chi connectivity index (χ4v) is 4.39. The van der Waals surface area contributed by atoms with Gasteiger partial charge in [0.1, 0.15) is 0 Å². The first-order valence-electron chi connectivity index (χ1n) is 4.48. The Hall–Kier alpha value is -0.260. The van der Waals surface area contributed by atoms with Crippen LogP contribution in [-0.2, 0) is 0 Å². The van der Waals surface area contributed by atoms with Crippen LogP contribution in [0.4, 0.5) is 0 Å². The van der Waals surface area contributed by atoms with Crippen LogP contribution in [0.2, 0.25) is 0 Å². The highest BCUT2D eigenvalue weighted by molar-refractivity contribution is 5.52. The van der Waals surface area contributed by atoms with Crippen molar-refractivity contribution in [1.29, 1.82) is 0 Å². The third-order valence-electron chi connectivity index (χ3n) is 4.91. The highest BCUT2D eigenvalue weighted by Crippen LogP contribution is 2.99. The van der Waals surface area contributed by atoms with Crippen molar-refractivity contribution in [2.24, 2.45) is 22.7 Å². The summed E-state index contributed by atoms with van der Waals surface area (Å²) in [5, 5.41) is 0. The molecule has 0 nitrogen and oxygen atoms in total. The van der Waals surface area contributed by atoms with Crippen molar-refractivity contribution in [1.82, 2.24) is 0 Å². The van der Waals surface area contributed by atoms with Gasteiger partial charge in [-0.25, -0.2) is 0 Å². The molecule has 0 aliphatic heterocycles. The maximum atomic E-state index is 2.53. The standard InChI is InChI=1S/C10H12/c1-9-5-10(9)7-3-2-6(4-7)8(9)10/h2,7-8H,3-5H2,1H3/t7-,8?,9+,10?/m0/s1. The number of rotatable bonds is 0. The number of hydrogen-bond acceptors (Lipinski definition) is 0. The average molecular weight is 132 g/mol. The molecule has 0 aromatic heterocycles. The van der Waals surface area contributed by atoms with Crippen molar-refractivity contribution in [3.8, 4) is 0 Å². The van der Waals surface area contributed by atoms with Crippen LogP contribution in [0.1, 0.15) is 26.2 Å². The number of fused-ring (bicyclic) bond motifs is 4. The summed E-state index contributed by atoms with van der Waals surface area (Å²) in [6.07, 6.45) is 7.02. The van der Waals surface area contributed by atoms with E-state index in [1.54, 1.807) is 6.42 Å². The third kappa shape index (κ3) is 0.202. The molecule has 4 aliphatic rings. The van der Waals surface area contributed by atoms with Gasteiger partial charge in [-0.1, -0.05) is 18.6 Å². The summed E-state index contributed by atoms with van der Waals surface area (Å²) in [5.74, 6) is 2.20. The van der Waals surface area contributed by atoms with Crippen molar-refractivity contribution >= 4 is 0 Å². The van der Waals surface area contributed by atoms with Gasteiger partial charge in [0.15, 0.2) is 0 Å². The van der Waals surface area contributed by atoms with Gasteiger partial charge in [0.05, 0.1) is 0 Å². The largest absolute Gasteiger partial charge is 0.0847 e. The molecular weight excluding hydrogens is 120 g/mol. The molecule has 0 aromatic rings. The van der Waals surface area contributed by atoms with Gasteiger partial charge in [0.25, 0.3) is 0 Å². The zero-order chi connectivity index (χ0) is 6.56. The Kier molecular flexibility index (Phi) is 0.392. The molecule has 4 atom stereocenters. The predicted molar refractivity (Wildman–Crippen MR) is 39.5 cm³/mol. The summed E-state index contributed by atoms with van der Waals surface area (Å²) < 4.78 is 0. The molecule has 0 aromatic carbocycles. The average Bonchev–Trinajstić information content (AvgIpc) is 2.53. The zero-order valence-electron chi connectivity index (χ0n) is 6.35. The Bertz CT molecular complexity index is 276. The van der Waals surface area contributed by atoms with E-state index in [1.807, 2.05) is 5.57 Å². The smallest absolute Gasteiger partial charge is 0.00781 e. The van der Waals surface area contributed by atoms with Crippen LogP contribution in [0, 0.1) is 22.7 Å². The second-order valence-corrected chi connectivity index (χ2v) is 4.98. The Morgan fingerprint density at radius 3 is 3.00 bits per heavy atom. The summed E-state index contributed by atoms with van der Waals surface area (Å²) in [5.41, 5.74) is 3.61. The van der Waals surface area contributed by atoms with Crippen molar-refractivity contribution in [2.45, 2.75) is 26.2 Å². The molecule has 0 saturated heterocycles. The normalized spacial score (nSPS) is 72.7. The molecule has 2 bridgehead atoms.